The van der Waals surface area contributed by atoms with Gasteiger partial charge in [-0.05, 0) is 67.5 Å². The number of benzene rings is 3. The molecule has 3 heterocycles. The van der Waals surface area contributed by atoms with Crippen molar-refractivity contribution in [1.82, 2.24) is 14.3 Å². The maximum absolute atomic E-state index is 13.8. The Bertz CT molecular complexity index is 1890. The van der Waals surface area contributed by atoms with Crippen molar-refractivity contribution in [2.75, 3.05) is 19.8 Å². The molecule has 0 aliphatic carbocycles. The van der Waals surface area contributed by atoms with E-state index in [-0.39, 0.29) is 18.4 Å². The molecule has 0 fully saturated rings. The number of carbonyl (C=O) groups is 1. The molecule has 9 heteroatoms. The Kier molecular flexibility index (Phi) is 8.73. The number of carbonyl (C=O) groups excluding carboxylic acids is 1. The predicted molar refractivity (Wildman–Crippen MR) is 171 cm³/mol. The second-order valence-corrected chi connectivity index (χ2v) is 11.2. The van der Waals surface area contributed by atoms with E-state index in [0.717, 1.165) is 49.8 Å². The van der Waals surface area contributed by atoms with Crippen LogP contribution < -0.4 is 4.74 Å². The first-order valence-corrected chi connectivity index (χ1v) is 15.4. The van der Waals surface area contributed by atoms with Crippen LogP contribution in [0.4, 0.5) is 4.39 Å². The summed E-state index contributed by atoms with van der Waals surface area (Å²) in [6.07, 6.45) is 5.91. The van der Waals surface area contributed by atoms with E-state index in [1.54, 1.807) is 6.07 Å². The summed E-state index contributed by atoms with van der Waals surface area (Å²) < 4.78 is 35.5. The van der Waals surface area contributed by atoms with E-state index in [2.05, 4.69) is 6.92 Å². The van der Waals surface area contributed by atoms with Crippen molar-refractivity contribution in [1.29, 1.82) is 0 Å². The molecule has 6 rings (SSSR count). The van der Waals surface area contributed by atoms with E-state index < -0.39 is 0 Å². The molecule has 0 amide bonds. The van der Waals surface area contributed by atoms with Gasteiger partial charge in [-0.25, -0.2) is 9.18 Å². The molecule has 5 aromatic rings. The van der Waals surface area contributed by atoms with Gasteiger partial charge in [0, 0.05) is 35.5 Å². The molecule has 0 unspecified atom stereocenters. The molecule has 3 aromatic carbocycles. The number of rotatable bonds is 8. The second kappa shape index (κ2) is 12.8. The predicted octanol–water partition coefficient (Wildman–Crippen LogP) is 7.82. The number of aromatic nitrogens is 3. The molecular weight excluding hydrogens is 581 g/mol. The summed E-state index contributed by atoms with van der Waals surface area (Å²) in [5.74, 6) is 0.0388. The monoisotopic (exact) mass is 615 g/mol. The third-order valence-corrected chi connectivity index (χ3v) is 8.42. The first-order chi connectivity index (χ1) is 21.4. The number of fused-ring (bicyclic) bond motifs is 3. The van der Waals surface area contributed by atoms with E-state index >= 15 is 0 Å². The smallest absolute Gasteiger partial charge is 0.355 e. The van der Waals surface area contributed by atoms with Gasteiger partial charge in [0.05, 0.1) is 48.4 Å². The van der Waals surface area contributed by atoms with Gasteiger partial charge in [-0.1, -0.05) is 48.9 Å². The summed E-state index contributed by atoms with van der Waals surface area (Å²) in [6, 6.07) is 14.2. The van der Waals surface area contributed by atoms with Gasteiger partial charge in [-0.15, -0.1) is 0 Å². The van der Waals surface area contributed by atoms with E-state index in [4.69, 9.17) is 30.9 Å². The lowest BCUT2D eigenvalue weighted by molar-refractivity contribution is 0.0513. The lowest BCUT2D eigenvalue weighted by Crippen LogP contribution is -2.14. The van der Waals surface area contributed by atoms with Crippen LogP contribution in [0.15, 0.2) is 60.7 Å². The van der Waals surface area contributed by atoms with Crippen LogP contribution in [-0.2, 0) is 42.5 Å². The van der Waals surface area contributed by atoms with Crippen LogP contribution in [0, 0.1) is 5.82 Å². The standard InChI is InChI=1S/C35H35ClFN3O4/c1-4-28-32-29(39(3)38-28)21-42-18-7-6-17-40-33-26(15-16-27(36)31(32)33)25(34(40)35(41)43-5-2)11-9-19-44-30-12-8-10-22-20-23(37)13-14-24(22)30/h6-8,10,12-16,20H,4-5,9,11,17-19,21H2,1-3H3/b7-6-. The lowest BCUT2D eigenvalue weighted by atomic mass is 9.97. The Balaban J connectivity index is 1.46. The van der Waals surface area contributed by atoms with Crippen molar-refractivity contribution in [3.63, 3.8) is 0 Å². The molecule has 1 aliphatic rings. The van der Waals surface area contributed by atoms with Crippen molar-refractivity contribution in [2.24, 2.45) is 7.05 Å². The first kappa shape index (κ1) is 29.9. The van der Waals surface area contributed by atoms with Crippen molar-refractivity contribution >= 4 is 39.2 Å². The van der Waals surface area contributed by atoms with Crippen molar-refractivity contribution in [3.05, 3.63) is 94.2 Å². The Morgan fingerprint density at radius 1 is 1.09 bits per heavy atom. The molecule has 228 valence electrons. The molecular formula is C35H35ClFN3O4. The molecule has 2 aromatic heterocycles. The third kappa shape index (κ3) is 5.48. The van der Waals surface area contributed by atoms with Gasteiger partial charge in [-0.2, -0.15) is 5.10 Å². The number of aryl methyl sites for hydroxylation is 3. The fourth-order valence-electron chi connectivity index (χ4n) is 6.17. The average Bonchev–Trinajstić information content (AvgIpc) is 3.49. The van der Waals surface area contributed by atoms with Crippen molar-refractivity contribution in [2.45, 2.75) is 46.3 Å². The van der Waals surface area contributed by atoms with Crippen molar-refractivity contribution in [3.8, 4) is 16.9 Å². The van der Waals surface area contributed by atoms with Gasteiger partial charge in [0.1, 0.15) is 17.3 Å². The number of esters is 1. The highest BCUT2D eigenvalue weighted by Crippen LogP contribution is 2.43. The number of allylic oxidation sites excluding steroid dienone is 1. The van der Waals surface area contributed by atoms with Gasteiger partial charge < -0.3 is 18.8 Å². The van der Waals surface area contributed by atoms with Gasteiger partial charge in [0.25, 0.3) is 0 Å². The lowest BCUT2D eigenvalue weighted by Gasteiger charge is -2.14. The van der Waals surface area contributed by atoms with E-state index in [9.17, 15) is 9.18 Å². The van der Waals surface area contributed by atoms with Crippen LogP contribution in [0.25, 0.3) is 32.8 Å². The summed E-state index contributed by atoms with van der Waals surface area (Å²) in [7, 11) is 1.92. The number of hydrogen-bond donors (Lipinski definition) is 0. The number of hydrogen-bond acceptors (Lipinski definition) is 5. The molecule has 44 heavy (non-hydrogen) atoms. The summed E-state index contributed by atoms with van der Waals surface area (Å²) in [4.78, 5) is 13.7. The van der Waals surface area contributed by atoms with E-state index in [1.165, 1.54) is 12.1 Å². The summed E-state index contributed by atoms with van der Waals surface area (Å²) in [5, 5.41) is 7.98. The molecule has 0 atom stereocenters. The Labute approximate surface area is 260 Å². The number of nitrogens with zero attached hydrogens (tertiary/aromatic N) is 3. The number of ether oxygens (including phenoxy) is 3. The Morgan fingerprint density at radius 2 is 1.93 bits per heavy atom. The fourth-order valence-corrected chi connectivity index (χ4v) is 6.42. The molecule has 0 bridgehead atoms. The van der Waals surface area contributed by atoms with Crippen LogP contribution in [0.2, 0.25) is 5.02 Å². The summed E-state index contributed by atoms with van der Waals surface area (Å²) in [5.41, 5.74) is 5.93. The minimum atomic E-state index is -0.376. The first-order valence-electron chi connectivity index (χ1n) is 15.0. The Morgan fingerprint density at radius 3 is 2.75 bits per heavy atom. The highest BCUT2D eigenvalue weighted by atomic mass is 35.5. The molecule has 0 N–H and O–H groups in total. The molecule has 7 nitrogen and oxygen atoms in total. The fraction of sp³-hybridized carbons (Fsp3) is 0.314. The van der Waals surface area contributed by atoms with Crippen LogP contribution in [-0.4, -0.2) is 40.1 Å². The molecule has 0 saturated heterocycles. The molecule has 0 saturated carbocycles. The molecule has 0 radical (unpaired) electrons. The second-order valence-electron chi connectivity index (χ2n) is 10.8. The van der Waals surface area contributed by atoms with Gasteiger partial charge in [0.2, 0.25) is 0 Å². The van der Waals surface area contributed by atoms with E-state index in [0.29, 0.717) is 62.1 Å². The quantitative estimate of drug-likeness (QED) is 0.101. The maximum Gasteiger partial charge on any atom is 0.355 e. The maximum atomic E-state index is 13.8. The Hall–Kier alpha value is -4.14. The zero-order valence-electron chi connectivity index (χ0n) is 25.2. The highest BCUT2D eigenvalue weighted by molar-refractivity contribution is 6.35. The SMILES string of the molecule is CCOC(=O)c1c(CCCOc2cccc3cc(F)ccc23)c2ccc(Cl)c3c2n1C/C=C\COCc1c-3c(CC)nn1C. The van der Waals surface area contributed by atoms with Crippen LogP contribution in [0.1, 0.15) is 47.7 Å². The largest absolute Gasteiger partial charge is 0.493 e. The number of halogens is 2. The average molecular weight is 616 g/mol. The zero-order valence-corrected chi connectivity index (χ0v) is 25.9. The minimum Gasteiger partial charge on any atom is -0.493 e. The van der Waals surface area contributed by atoms with E-state index in [1.807, 2.05) is 65.7 Å². The highest BCUT2D eigenvalue weighted by Gasteiger charge is 2.29. The zero-order chi connectivity index (χ0) is 30.8. The van der Waals surface area contributed by atoms with Crippen LogP contribution in [0.3, 0.4) is 0 Å². The van der Waals surface area contributed by atoms with Gasteiger partial charge in [0.15, 0.2) is 0 Å². The third-order valence-electron chi connectivity index (χ3n) is 8.11. The van der Waals surface area contributed by atoms with Gasteiger partial charge in [-0.3, -0.25) is 4.68 Å². The summed E-state index contributed by atoms with van der Waals surface area (Å²) in [6.45, 7) is 5.82. The minimum absolute atomic E-state index is 0.259. The van der Waals surface area contributed by atoms with Crippen LogP contribution in [0.5, 0.6) is 5.75 Å². The van der Waals surface area contributed by atoms with Gasteiger partial charge >= 0.3 is 5.97 Å². The molecule has 1 aliphatic heterocycles. The van der Waals surface area contributed by atoms with Crippen molar-refractivity contribution < 1.29 is 23.4 Å². The topological polar surface area (TPSA) is 67.5 Å². The molecule has 0 spiro atoms. The summed E-state index contributed by atoms with van der Waals surface area (Å²) >= 11 is 7.02. The van der Waals surface area contributed by atoms with Crippen LogP contribution >= 0.6 is 11.6 Å². The normalized spacial score (nSPS) is 13.9.